The van der Waals surface area contributed by atoms with Crippen molar-refractivity contribution in [2.24, 2.45) is 5.92 Å². The largest absolute Gasteiger partial charge is 0.379 e. The lowest BCUT2D eigenvalue weighted by Gasteiger charge is -2.35. The maximum absolute atomic E-state index is 6.11. The van der Waals surface area contributed by atoms with Crippen LogP contribution in [0.25, 0.3) is 0 Å². The molecule has 1 aliphatic carbocycles. The molecule has 2 nitrogen and oxygen atoms in total. The van der Waals surface area contributed by atoms with Gasteiger partial charge in [0.15, 0.2) is 0 Å². The van der Waals surface area contributed by atoms with Crippen LogP contribution in [0.5, 0.6) is 0 Å². The number of hydrogen-bond donors (Lipinski definition) is 1. The average molecular weight is 282 g/mol. The molecule has 1 fully saturated rings. The van der Waals surface area contributed by atoms with Crippen molar-refractivity contribution in [2.45, 2.75) is 44.2 Å². The average Bonchev–Trinajstić information content (AvgIpc) is 2.45. The lowest BCUT2D eigenvalue weighted by atomic mass is 9.81. The Hall–Kier alpha value is -0.570. The van der Waals surface area contributed by atoms with Gasteiger partial charge in [0, 0.05) is 12.1 Å². The molecular weight excluding hydrogens is 258 g/mol. The fourth-order valence-corrected chi connectivity index (χ4v) is 3.48. The molecule has 1 aromatic carbocycles. The van der Waals surface area contributed by atoms with Crippen LogP contribution in [0.4, 0.5) is 0 Å². The zero-order valence-corrected chi connectivity index (χ0v) is 12.6. The van der Waals surface area contributed by atoms with Gasteiger partial charge in [-0.2, -0.15) is 0 Å². The highest BCUT2D eigenvalue weighted by molar-refractivity contribution is 6.30. The van der Waals surface area contributed by atoms with Crippen LogP contribution in [-0.2, 0) is 4.74 Å². The minimum Gasteiger partial charge on any atom is -0.379 e. The third-order valence-electron chi connectivity index (χ3n) is 4.23. The van der Waals surface area contributed by atoms with Crippen molar-refractivity contribution in [3.63, 3.8) is 0 Å². The molecule has 0 spiro atoms. The van der Waals surface area contributed by atoms with Crippen LogP contribution < -0.4 is 5.32 Å². The molecular formula is C16H24ClNO. The van der Waals surface area contributed by atoms with E-state index in [0.717, 1.165) is 5.02 Å². The van der Waals surface area contributed by atoms with Gasteiger partial charge in [0.25, 0.3) is 0 Å². The zero-order chi connectivity index (χ0) is 13.7. The van der Waals surface area contributed by atoms with E-state index in [4.69, 9.17) is 16.3 Å². The molecule has 0 radical (unpaired) electrons. The van der Waals surface area contributed by atoms with E-state index in [9.17, 15) is 0 Å². The molecule has 2 atom stereocenters. The molecule has 0 aromatic heterocycles. The number of ether oxygens (including phenoxy) is 1. The smallest absolute Gasteiger partial charge is 0.0793 e. The Bertz CT molecular complexity index is 390. The van der Waals surface area contributed by atoms with Gasteiger partial charge < -0.3 is 10.1 Å². The number of nitrogens with one attached hydrogen (secondary N) is 1. The molecule has 1 saturated carbocycles. The summed E-state index contributed by atoms with van der Waals surface area (Å²) in [6, 6.07) is 8.31. The van der Waals surface area contributed by atoms with Gasteiger partial charge in [-0.3, -0.25) is 0 Å². The van der Waals surface area contributed by atoms with Crippen LogP contribution in [-0.4, -0.2) is 20.3 Å². The first kappa shape index (κ1) is 14.8. The molecule has 1 aromatic rings. The van der Waals surface area contributed by atoms with E-state index in [2.05, 4.69) is 11.4 Å². The van der Waals surface area contributed by atoms with E-state index in [1.807, 2.05) is 32.4 Å². The second kappa shape index (κ2) is 7.28. The van der Waals surface area contributed by atoms with Crippen LogP contribution >= 0.6 is 11.6 Å². The van der Waals surface area contributed by atoms with Crippen LogP contribution in [0.1, 0.15) is 43.7 Å². The number of benzene rings is 1. The highest BCUT2D eigenvalue weighted by Crippen LogP contribution is 2.34. The second-order valence-corrected chi connectivity index (χ2v) is 5.86. The van der Waals surface area contributed by atoms with Crippen molar-refractivity contribution >= 4 is 11.6 Å². The lowest BCUT2D eigenvalue weighted by Crippen LogP contribution is -2.37. The van der Waals surface area contributed by atoms with E-state index in [1.54, 1.807) is 0 Å². The molecule has 1 N–H and O–H groups in total. The standard InChI is InChI=1S/C16H24ClNO/c1-18-15(13-9-6-10-14(17)11-13)16(19-2)12-7-4-3-5-8-12/h6,9-12,15-16,18H,3-5,7-8H2,1-2H3. The Labute approximate surface area is 121 Å². The van der Waals surface area contributed by atoms with E-state index < -0.39 is 0 Å². The van der Waals surface area contributed by atoms with E-state index in [1.165, 1.54) is 37.7 Å². The number of likely N-dealkylation sites (N-methyl/N-ethyl adjacent to an activating group) is 1. The van der Waals surface area contributed by atoms with Crippen molar-refractivity contribution in [1.82, 2.24) is 5.32 Å². The van der Waals surface area contributed by atoms with Crippen molar-refractivity contribution in [3.8, 4) is 0 Å². The Morgan fingerprint density at radius 2 is 2.00 bits per heavy atom. The first-order valence-corrected chi connectivity index (χ1v) is 7.59. The normalized spacial score (nSPS) is 20.2. The van der Waals surface area contributed by atoms with Crippen molar-refractivity contribution < 1.29 is 4.74 Å². The fourth-order valence-electron chi connectivity index (χ4n) is 3.28. The van der Waals surface area contributed by atoms with Gasteiger partial charge in [-0.15, -0.1) is 0 Å². The summed E-state index contributed by atoms with van der Waals surface area (Å²) in [6.45, 7) is 0. The van der Waals surface area contributed by atoms with Crippen LogP contribution in [0.3, 0.4) is 0 Å². The van der Waals surface area contributed by atoms with Gasteiger partial charge in [0.05, 0.1) is 12.1 Å². The molecule has 1 aliphatic rings. The van der Waals surface area contributed by atoms with Gasteiger partial charge in [-0.05, 0) is 43.5 Å². The zero-order valence-electron chi connectivity index (χ0n) is 11.9. The van der Waals surface area contributed by atoms with E-state index >= 15 is 0 Å². The number of rotatable bonds is 5. The van der Waals surface area contributed by atoms with Crippen molar-refractivity contribution in [3.05, 3.63) is 34.9 Å². The molecule has 106 valence electrons. The molecule has 2 unspecified atom stereocenters. The summed E-state index contributed by atoms with van der Waals surface area (Å²) >= 11 is 6.11. The van der Waals surface area contributed by atoms with Gasteiger partial charge in [-0.25, -0.2) is 0 Å². The van der Waals surface area contributed by atoms with Crippen LogP contribution in [0.2, 0.25) is 5.02 Å². The SMILES string of the molecule is CNC(c1cccc(Cl)c1)C(OC)C1CCCCC1. The van der Waals surface area contributed by atoms with Gasteiger partial charge in [0.2, 0.25) is 0 Å². The van der Waals surface area contributed by atoms with Gasteiger partial charge >= 0.3 is 0 Å². The summed E-state index contributed by atoms with van der Waals surface area (Å²) in [7, 11) is 3.83. The highest BCUT2D eigenvalue weighted by Gasteiger charge is 2.30. The molecule has 0 bridgehead atoms. The fraction of sp³-hybridized carbons (Fsp3) is 0.625. The summed E-state index contributed by atoms with van der Waals surface area (Å²) in [5.74, 6) is 0.648. The van der Waals surface area contributed by atoms with E-state index in [0.29, 0.717) is 5.92 Å². The molecule has 19 heavy (non-hydrogen) atoms. The monoisotopic (exact) mass is 281 g/mol. The number of hydrogen-bond acceptors (Lipinski definition) is 2. The van der Waals surface area contributed by atoms with Crippen LogP contribution in [0, 0.1) is 5.92 Å². The lowest BCUT2D eigenvalue weighted by molar-refractivity contribution is 0.00941. The number of methoxy groups -OCH3 is 1. The van der Waals surface area contributed by atoms with Gasteiger partial charge in [0.1, 0.15) is 0 Å². The summed E-state index contributed by atoms with van der Waals surface area (Å²) in [5.41, 5.74) is 1.22. The summed E-state index contributed by atoms with van der Waals surface area (Å²) < 4.78 is 5.83. The quantitative estimate of drug-likeness (QED) is 0.873. The van der Waals surface area contributed by atoms with Crippen molar-refractivity contribution in [1.29, 1.82) is 0 Å². The maximum atomic E-state index is 6.11. The predicted molar refractivity (Wildman–Crippen MR) is 80.6 cm³/mol. The Morgan fingerprint density at radius 3 is 2.58 bits per heavy atom. The highest BCUT2D eigenvalue weighted by atomic mass is 35.5. The molecule has 3 heteroatoms. The summed E-state index contributed by atoms with van der Waals surface area (Å²) in [6.07, 6.45) is 6.80. The molecule has 0 aliphatic heterocycles. The van der Waals surface area contributed by atoms with Crippen molar-refractivity contribution in [2.75, 3.05) is 14.2 Å². The third-order valence-corrected chi connectivity index (χ3v) is 4.47. The molecule has 0 saturated heterocycles. The minimum absolute atomic E-state index is 0.215. The maximum Gasteiger partial charge on any atom is 0.0793 e. The first-order chi connectivity index (χ1) is 9.26. The molecule has 2 rings (SSSR count). The second-order valence-electron chi connectivity index (χ2n) is 5.42. The molecule has 0 heterocycles. The summed E-state index contributed by atoms with van der Waals surface area (Å²) in [4.78, 5) is 0. The Balaban J connectivity index is 2.17. The Kier molecular flexibility index (Phi) is 5.68. The van der Waals surface area contributed by atoms with E-state index in [-0.39, 0.29) is 12.1 Å². The summed E-state index contributed by atoms with van der Waals surface area (Å²) in [5, 5.41) is 4.20. The number of halogens is 1. The first-order valence-electron chi connectivity index (χ1n) is 7.21. The topological polar surface area (TPSA) is 21.3 Å². The Morgan fingerprint density at radius 1 is 1.26 bits per heavy atom. The predicted octanol–water partition coefficient (Wildman–Crippen LogP) is 4.20. The molecule has 0 amide bonds. The van der Waals surface area contributed by atoms with Gasteiger partial charge in [-0.1, -0.05) is 43.0 Å². The van der Waals surface area contributed by atoms with Crippen LogP contribution in [0.15, 0.2) is 24.3 Å². The third kappa shape index (κ3) is 3.71. The minimum atomic E-state index is 0.215.